The predicted octanol–water partition coefficient (Wildman–Crippen LogP) is 24.1. The maximum absolute atomic E-state index is 13.1. The van der Waals surface area contributed by atoms with Crippen LogP contribution in [0, 0.1) is 0 Å². The van der Waals surface area contributed by atoms with Crippen molar-refractivity contribution in [3.63, 3.8) is 0 Å². The maximum atomic E-state index is 13.1. The van der Waals surface area contributed by atoms with Gasteiger partial charge in [-0.1, -0.05) is 312 Å². The fraction of sp³-hybridized carbons (Fsp3) is 0.596. The van der Waals surface area contributed by atoms with Crippen LogP contribution in [-0.4, -0.2) is 96.7 Å². The van der Waals surface area contributed by atoms with Gasteiger partial charge in [-0.2, -0.15) is 0 Å². The van der Waals surface area contributed by atoms with Crippen LogP contribution in [-0.2, 0) is 65.4 Å². The van der Waals surface area contributed by atoms with Crippen molar-refractivity contribution in [3.8, 4) is 0 Å². The molecule has 0 radical (unpaired) electrons. The van der Waals surface area contributed by atoms with Crippen LogP contribution < -0.4 is 0 Å². The quantitative estimate of drug-likeness (QED) is 0.0169. The standard InChI is InChI=1S/C89H142O17P2/c1-5-9-13-17-21-25-29-32-35-38-41-44-47-50-54-57-61-65-69-73-86(91)99-79-84(105-88(93)75-71-67-63-59-53-28-24-20-16-12-8-4)81-103-107(95,96)101-77-83(90)78-102-108(97,98)104-82-85(106-89(94)76-72-68-64-60-56-52-49-46-43-40-37-34-31-27-23-19-15-11-7-3)80-100-87(92)74-70-66-62-58-55-51-48-45-42-39-36-33-30-26-22-18-14-10-6-2/h9-11,13-15,21-23,25-27,32-37,41-46,50-51,54-55,61-62,65-66,83-85,90H,5-8,12,16-20,24,28-31,38-40,47-49,52-53,56-60,63-64,67-82H2,1-4H3,(H,95,96)(H,97,98)/b13-9-,14-10-,15-11-,25-21-,26-22-,27-23-,35-32-,36-33-,37-34-,44-41-,45-42-,46-43-,54-50-,55-51-,65-61-,66-62-. The summed E-state index contributed by atoms with van der Waals surface area (Å²) in [7, 11) is -10.0. The van der Waals surface area contributed by atoms with Gasteiger partial charge < -0.3 is 33.8 Å². The zero-order chi connectivity index (χ0) is 78.9. The number of ether oxygens (including phenoxy) is 4. The molecule has 17 nitrogen and oxygen atoms in total. The first-order valence-corrected chi connectivity index (χ1v) is 43.7. The molecular weight excluding hydrogens is 1400 g/mol. The van der Waals surface area contributed by atoms with Gasteiger partial charge in [-0.25, -0.2) is 9.13 Å². The minimum absolute atomic E-state index is 0.0241. The summed E-state index contributed by atoms with van der Waals surface area (Å²) in [5.41, 5.74) is 0. The second-order valence-electron chi connectivity index (χ2n) is 26.2. The molecule has 5 atom stereocenters. The van der Waals surface area contributed by atoms with Crippen molar-refractivity contribution < 1.29 is 80.2 Å². The number of esters is 4. The smallest absolute Gasteiger partial charge is 0.462 e. The number of allylic oxidation sites excluding steroid dienone is 32. The van der Waals surface area contributed by atoms with Gasteiger partial charge >= 0.3 is 39.5 Å². The van der Waals surface area contributed by atoms with E-state index in [4.69, 9.17) is 37.0 Å². The van der Waals surface area contributed by atoms with Gasteiger partial charge in [0.15, 0.2) is 12.2 Å². The van der Waals surface area contributed by atoms with Gasteiger partial charge in [-0.3, -0.25) is 37.3 Å². The van der Waals surface area contributed by atoms with Crippen molar-refractivity contribution in [2.75, 3.05) is 39.6 Å². The lowest BCUT2D eigenvalue weighted by atomic mass is 10.1. The molecule has 0 saturated carbocycles. The molecule has 0 heterocycles. The molecule has 0 aromatic rings. The fourth-order valence-corrected chi connectivity index (χ4v) is 11.6. The molecule has 0 bridgehead atoms. The van der Waals surface area contributed by atoms with E-state index in [0.717, 1.165) is 154 Å². The Hall–Kier alpha value is -6.10. The van der Waals surface area contributed by atoms with Crippen LogP contribution in [0.1, 0.15) is 285 Å². The Bertz CT molecular complexity index is 2810. The first-order chi connectivity index (χ1) is 52.7. The molecule has 0 fully saturated rings. The van der Waals surface area contributed by atoms with E-state index in [0.29, 0.717) is 38.5 Å². The van der Waals surface area contributed by atoms with Crippen LogP contribution in [0.15, 0.2) is 194 Å². The van der Waals surface area contributed by atoms with E-state index in [1.54, 1.807) is 0 Å². The summed E-state index contributed by atoms with van der Waals surface area (Å²) in [6.45, 7) is 4.32. The Morgan fingerprint density at radius 1 is 0.269 bits per heavy atom. The van der Waals surface area contributed by atoms with Gasteiger partial charge in [-0.15, -0.1) is 0 Å². The molecule has 19 heteroatoms. The number of unbranched alkanes of at least 4 members (excludes halogenated alkanes) is 16. The zero-order valence-corrected chi connectivity index (χ0v) is 68.5. The summed E-state index contributed by atoms with van der Waals surface area (Å²) < 4.78 is 68.5. The van der Waals surface area contributed by atoms with E-state index >= 15 is 0 Å². The molecule has 0 aliphatic rings. The Labute approximate surface area is 653 Å². The number of phosphoric ester groups is 2. The Morgan fingerprint density at radius 3 is 0.778 bits per heavy atom. The molecule has 0 spiro atoms. The van der Waals surface area contributed by atoms with Gasteiger partial charge in [-0.05, 0) is 141 Å². The number of carbonyl (C=O) groups excluding carboxylic acids is 4. The molecular formula is C89H142O17P2. The van der Waals surface area contributed by atoms with E-state index in [9.17, 15) is 43.2 Å². The van der Waals surface area contributed by atoms with Crippen LogP contribution in [0.25, 0.3) is 0 Å². The van der Waals surface area contributed by atoms with E-state index in [1.807, 2.05) is 36.5 Å². The second kappa shape index (κ2) is 79.0. The monoisotopic (exact) mass is 1540 g/mol. The summed E-state index contributed by atoms with van der Waals surface area (Å²) in [6, 6.07) is 0. The van der Waals surface area contributed by atoms with Crippen molar-refractivity contribution in [1.82, 2.24) is 0 Å². The largest absolute Gasteiger partial charge is 0.472 e. The number of hydrogen-bond acceptors (Lipinski definition) is 15. The molecule has 0 aromatic carbocycles. The van der Waals surface area contributed by atoms with Gasteiger partial charge in [0.25, 0.3) is 0 Å². The minimum atomic E-state index is -5.01. The lowest BCUT2D eigenvalue weighted by Crippen LogP contribution is -2.30. The molecule has 0 aliphatic carbocycles. The van der Waals surface area contributed by atoms with Gasteiger partial charge in [0.2, 0.25) is 0 Å². The number of phosphoric acid groups is 2. The van der Waals surface area contributed by atoms with Gasteiger partial charge in [0.1, 0.15) is 19.3 Å². The maximum Gasteiger partial charge on any atom is 0.472 e. The van der Waals surface area contributed by atoms with E-state index in [2.05, 4.69) is 186 Å². The third-order valence-electron chi connectivity index (χ3n) is 16.1. The highest BCUT2D eigenvalue weighted by molar-refractivity contribution is 7.47. The number of carbonyl (C=O) groups is 4. The van der Waals surface area contributed by atoms with Crippen LogP contribution in [0.2, 0.25) is 0 Å². The molecule has 0 amide bonds. The summed E-state index contributed by atoms with van der Waals surface area (Å²) in [6.07, 6.45) is 97.3. The highest BCUT2D eigenvalue weighted by Crippen LogP contribution is 2.45. The molecule has 5 unspecified atom stereocenters. The Morgan fingerprint density at radius 2 is 0.500 bits per heavy atom. The molecule has 0 aromatic heterocycles. The first kappa shape index (κ1) is 102. The van der Waals surface area contributed by atoms with E-state index in [-0.39, 0.29) is 25.7 Å². The number of hydrogen-bond donors (Lipinski definition) is 3. The SMILES string of the molecule is CC/C=C\C/C=C\C/C=C\C/C=C\C/C=C\C/C=C\CCC(=O)OCC(COP(=O)(O)OCC(O)COP(=O)(O)OCC(COC(=O)CC/C=C\C/C=C\C/C=C\C/C=C\C/C=C\C/C=C\CC)OC(=O)CCCCCCCCCCCCC)OC(=O)CCCCCCCC/C=C\C/C=C\C/C=C\C/C=C\CC. The number of aliphatic hydroxyl groups excluding tert-OH is 1. The molecule has 610 valence electrons. The molecule has 0 rings (SSSR count). The molecule has 3 N–H and O–H groups in total. The lowest BCUT2D eigenvalue weighted by Gasteiger charge is -2.21. The molecule has 0 saturated heterocycles. The summed E-state index contributed by atoms with van der Waals surface area (Å²) in [5, 5.41) is 10.6. The third-order valence-corrected chi connectivity index (χ3v) is 18.0. The lowest BCUT2D eigenvalue weighted by molar-refractivity contribution is -0.161. The van der Waals surface area contributed by atoms with Crippen molar-refractivity contribution >= 4 is 39.5 Å². The van der Waals surface area contributed by atoms with Crippen molar-refractivity contribution in [2.24, 2.45) is 0 Å². The molecule has 108 heavy (non-hydrogen) atoms. The van der Waals surface area contributed by atoms with E-state index < -0.39 is 97.5 Å². The average Bonchev–Trinajstić information content (AvgIpc) is 0.917. The number of rotatable bonds is 74. The normalized spacial score (nSPS) is 14.8. The second-order valence-corrected chi connectivity index (χ2v) is 29.1. The predicted molar refractivity (Wildman–Crippen MR) is 445 cm³/mol. The van der Waals surface area contributed by atoms with Crippen LogP contribution >= 0.6 is 15.6 Å². The summed E-state index contributed by atoms with van der Waals surface area (Å²) >= 11 is 0. The minimum Gasteiger partial charge on any atom is -0.462 e. The number of aliphatic hydroxyl groups is 1. The van der Waals surface area contributed by atoms with E-state index in [1.165, 1.54) is 38.5 Å². The summed E-state index contributed by atoms with van der Waals surface area (Å²) in [4.78, 5) is 73.0. The topological polar surface area (TPSA) is 237 Å². The van der Waals surface area contributed by atoms with Crippen molar-refractivity contribution in [3.05, 3.63) is 194 Å². The van der Waals surface area contributed by atoms with Crippen LogP contribution in [0.3, 0.4) is 0 Å². The van der Waals surface area contributed by atoms with Crippen molar-refractivity contribution in [2.45, 2.75) is 303 Å². The van der Waals surface area contributed by atoms with Gasteiger partial charge in [0.05, 0.1) is 26.4 Å². The fourth-order valence-electron chi connectivity index (χ4n) is 10.0. The summed E-state index contributed by atoms with van der Waals surface area (Å²) in [5.74, 6) is -2.40. The highest BCUT2D eigenvalue weighted by atomic mass is 31.2. The zero-order valence-electron chi connectivity index (χ0n) is 66.7. The van der Waals surface area contributed by atoms with Gasteiger partial charge in [0, 0.05) is 25.7 Å². The average molecular weight is 1550 g/mol. The third kappa shape index (κ3) is 78.0. The first-order valence-electron chi connectivity index (χ1n) is 40.7. The highest BCUT2D eigenvalue weighted by Gasteiger charge is 2.30. The Kier molecular flexibility index (Phi) is 74.5. The Balaban J connectivity index is 5.49. The molecule has 0 aliphatic heterocycles. The van der Waals surface area contributed by atoms with Crippen molar-refractivity contribution in [1.29, 1.82) is 0 Å². The van der Waals surface area contributed by atoms with Crippen LogP contribution in [0.5, 0.6) is 0 Å². The van der Waals surface area contributed by atoms with Crippen LogP contribution in [0.4, 0.5) is 0 Å².